The predicted molar refractivity (Wildman–Crippen MR) is 85.7 cm³/mol. The van der Waals surface area contributed by atoms with E-state index in [0.29, 0.717) is 29.7 Å². The summed E-state index contributed by atoms with van der Waals surface area (Å²) in [7, 11) is -3.50. The highest BCUT2D eigenvalue weighted by Crippen LogP contribution is 2.30. The van der Waals surface area contributed by atoms with Crippen LogP contribution in [0.5, 0.6) is 0 Å². The number of aromatic nitrogens is 2. The molecule has 1 unspecified atom stereocenters. The minimum absolute atomic E-state index is 0.0366. The second-order valence-electron chi connectivity index (χ2n) is 6.15. The maximum absolute atomic E-state index is 13.0. The largest absolute Gasteiger partial charge is 0.339 e. The van der Waals surface area contributed by atoms with E-state index < -0.39 is 10.0 Å². The van der Waals surface area contributed by atoms with Gasteiger partial charge >= 0.3 is 0 Å². The van der Waals surface area contributed by atoms with Crippen LogP contribution in [0.25, 0.3) is 0 Å². The van der Waals surface area contributed by atoms with Gasteiger partial charge in [-0.2, -0.15) is 9.29 Å². The van der Waals surface area contributed by atoms with Gasteiger partial charge in [-0.05, 0) is 45.2 Å². The van der Waals surface area contributed by atoms with E-state index in [0.717, 1.165) is 24.0 Å². The molecule has 6 nitrogen and oxygen atoms in total. The van der Waals surface area contributed by atoms with Crippen LogP contribution in [0, 0.1) is 20.8 Å². The van der Waals surface area contributed by atoms with Crippen molar-refractivity contribution in [3.05, 3.63) is 41.0 Å². The smallest absolute Gasteiger partial charge is 0.243 e. The molecule has 1 atom stereocenters. The second kappa shape index (κ2) is 6.05. The Balaban J connectivity index is 1.87. The molecule has 0 spiro atoms. The Morgan fingerprint density at radius 1 is 1.26 bits per heavy atom. The fourth-order valence-electron chi connectivity index (χ4n) is 3.07. The highest BCUT2D eigenvalue weighted by atomic mass is 32.2. The van der Waals surface area contributed by atoms with Crippen LogP contribution < -0.4 is 0 Å². The van der Waals surface area contributed by atoms with Crippen LogP contribution in [0.15, 0.2) is 27.6 Å². The van der Waals surface area contributed by atoms with Crippen molar-refractivity contribution in [2.45, 2.75) is 44.4 Å². The molecule has 2 aromatic rings. The number of rotatable bonds is 3. The summed E-state index contributed by atoms with van der Waals surface area (Å²) in [5.74, 6) is 1.07. The Hall–Kier alpha value is -1.73. The fraction of sp³-hybridized carbons (Fsp3) is 0.500. The number of nitrogens with zero attached hydrogens (tertiary/aromatic N) is 3. The summed E-state index contributed by atoms with van der Waals surface area (Å²) < 4.78 is 32.7. The van der Waals surface area contributed by atoms with Gasteiger partial charge in [-0.25, -0.2) is 8.42 Å². The Morgan fingerprint density at radius 3 is 2.70 bits per heavy atom. The summed E-state index contributed by atoms with van der Waals surface area (Å²) in [6.45, 7) is 6.47. The predicted octanol–water partition coefficient (Wildman–Crippen LogP) is 2.56. The lowest BCUT2D eigenvalue weighted by Gasteiger charge is -2.30. The van der Waals surface area contributed by atoms with Crippen molar-refractivity contribution in [1.29, 1.82) is 0 Å². The zero-order valence-corrected chi connectivity index (χ0v) is 14.4. The Kier molecular flexibility index (Phi) is 4.25. The third kappa shape index (κ3) is 3.16. The molecule has 2 heterocycles. The first-order chi connectivity index (χ1) is 10.9. The zero-order chi connectivity index (χ0) is 16.6. The Labute approximate surface area is 136 Å². The van der Waals surface area contributed by atoms with E-state index in [9.17, 15) is 8.42 Å². The highest BCUT2D eigenvalue weighted by molar-refractivity contribution is 7.89. The average Bonchev–Trinajstić information content (AvgIpc) is 2.93. The lowest BCUT2D eigenvalue weighted by atomic mass is 10.00. The molecule has 1 aliphatic heterocycles. The monoisotopic (exact) mass is 335 g/mol. The van der Waals surface area contributed by atoms with Gasteiger partial charge in [0.05, 0.1) is 10.8 Å². The van der Waals surface area contributed by atoms with Crippen LogP contribution in [0.1, 0.15) is 41.6 Å². The van der Waals surface area contributed by atoms with Gasteiger partial charge in [0.2, 0.25) is 15.9 Å². The Morgan fingerprint density at radius 2 is 2.04 bits per heavy atom. The first-order valence-corrected chi connectivity index (χ1v) is 9.19. The van der Waals surface area contributed by atoms with Gasteiger partial charge in [0.25, 0.3) is 0 Å². The fourth-order valence-corrected chi connectivity index (χ4v) is 4.80. The third-order valence-electron chi connectivity index (χ3n) is 4.22. The lowest BCUT2D eigenvalue weighted by molar-refractivity contribution is 0.265. The molecule has 0 saturated carbocycles. The molecule has 0 amide bonds. The van der Waals surface area contributed by atoms with Crippen molar-refractivity contribution in [1.82, 2.24) is 14.4 Å². The molecular weight excluding hydrogens is 314 g/mol. The maximum Gasteiger partial charge on any atom is 0.243 e. The molecule has 124 valence electrons. The van der Waals surface area contributed by atoms with E-state index in [1.807, 2.05) is 26.0 Å². The van der Waals surface area contributed by atoms with Gasteiger partial charge in [0.1, 0.15) is 0 Å². The second-order valence-corrected chi connectivity index (χ2v) is 8.06. The number of hydrogen-bond acceptors (Lipinski definition) is 5. The summed E-state index contributed by atoms with van der Waals surface area (Å²) in [5, 5.41) is 3.81. The molecule has 0 aliphatic carbocycles. The topological polar surface area (TPSA) is 76.3 Å². The normalized spacial score (nSPS) is 19.9. The average molecular weight is 335 g/mol. The molecule has 1 aromatic carbocycles. The molecule has 1 fully saturated rings. The minimum Gasteiger partial charge on any atom is -0.339 e. The summed E-state index contributed by atoms with van der Waals surface area (Å²) in [6.07, 6.45) is 1.65. The molecule has 7 heteroatoms. The SMILES string of the molecule is Cc1ccc(S(=O)(=O)N2CCCC(c3nc(C)no3)C2)c(C)c1. The number of benzene rings is 1. The van der Waals surface area contributed by atoms with Crippen molar-refractivity contribution in [3.8, 4) is 0 Å². The number of sulfonamides is 1. The van der Waals surface area contributed by atoms with Crippen molar-refractivity contribution in [2.24, 2.45) is 0 Å². The maximum atomic E-state index is 13.0. The molecular formula is C16H21N3O3S. The molecule has 23 heavy (non-hydrogen) atoms. The van der Waals surface area contributed by atoms with Gasteiger partial charge in [0, 0.05) is 13.1 Å². The van der Waals surface area contributed by atoms with Gasteiger partial charge < -0.3 is 4.52 Å². The van der Waals surface area contributed by atoms with E-state index in [-0.39, 0.29) is 5.92 Å². The summed E-state index contributed by atoms with van der Waals surface area (Å²) >= 11 is 0. The molecule has 1 aromatic heterocycles. The molecule has 1 saturated heterocycles. The third-order valence-corrected chi connectivity index (χ3v) is 6.25. The van der Waals surface area contributed by atoms with Crippen molar-refractivity contribution in [2.75, 3.05) is 13.1 Å². The van der Waals surface area contributed by atoms with Gasteiger partial charge in [-0.15, -0.1) is 0 Å². The quantitative estimate of drug-likeness (QED) is 0.861. The molecule has 3 rings (SSSR count). The van der Waals surface area contributed by atoms with Crippen LogP contribution in [-0.4, -0.2) is 36.0 Å². The Bertz CT molecular complexity index is 814. The molecule has 0 bridgehead atoms. The summed E-state index contributed by atoms with van der Waals surface area (Å²) in [5.41, 5.74) is 1.83. The molecule has 1 aliphatic rings. The van der Waals surface area contributed by atoms with Crippen molar-refractivity contribution in [3.63, 3.8) is 0 Å². The van der Waals surface area contributed by atoms with Crippen LogP contribution in [-0.2, 0) is 10.0 Å². The van der Waals surface area contributed by atoms with Crippen LogP contribution in [0.3, 0.4) is 0 Å². The number of piperidine rings is 1. The highest BCUT2D eigenvalue weighted by Gasteiger charge is 2.33. The zero-order valence-electron chi connectivity index (χ0n) is 13.6. The number of aryl methyl sites for hydroxylation is 3. The standard InChI is InChI=1S/C16H21N3O3S/c1-11-6-7-15(12(2)9-11)23(20,21)19-8-4-5-14(10-19)16-17-13(3)18-22-16/h6-7,9,14H,4-5,8,10H2,1-3H3. The number of hydrogen-bond donors (Lipinski definition) is 0. The van der Waals surface area contributed by atoms with Crippen LogP contribution >= 0.6 is 0 Å². The molecule has 0 N–H and O–H groups in total. The molecule has 0 radical (unpaired) electrons. The first-order valence-electron chi connectivity index (χ1n) is 7.75. The first kappa shape index (κ1) is 16.1. The van der Waals surface area contributed by atoms with Crippen molar-refractivity contribution < 1.29 is 12.9 Å². The van der Waals surface area contributed by atoms with Gasteiger partial charge in [-0.3, -0.25) is 0 Å². The summed E-state index contributed by atoms with van der Waals surface area (Å²) in [4.78, 5) is 4.63. The van der Waals surface area contributed by atoms with Crippen molar-refractivity contribution >= 4 is 10.0 Å². The lowest BCUT2D eigenvalue weighted by Crippen LogP contribution is -2.39. The van der Waals surface area contributed by atoms with E-state index in [1.54, 1.807) is 17.3 Å². The minimum atomic E-state index is -3.50. The summed E-state index contributed by atoms with van der Waals surface area (Å²) in [6, 6.07) is 5.43. The van der Waals surface area contributed by atoms with E-state index in [2.05, 4.69) is 10.1 Å². The van der Waals surface area contributed by atoms with Crippen LogP contribution in [0.4, 0.5) is 0 Å². The van der Waals surface area contributed by atoms with Gasteiger partial charge in [0.15, 0.2) is 5.82 Å². The van der Waals surface area contributed by atoms with E-state index >= 15 is 0 Å². The van der Waals surface area contributed by atoms with Gasteiger partial charge in [-0.1, -0.05) is 22.9 Å². The van der Waals surface area contributed by atoms with E-state index in [1.165, 1.54) is 0 Å². The van der Waals surface area contributed by atoms with E-state index in [4.69, 9.17) is 4.52 Å². The van der Waals surface area contributed by atoms with Crippen LogP contribution in [0.2, 0.25) is 0 Å².